The third kappa shape index (κ3) is 10.4. The average Bonchev–Trinajstić information content (AvgIpc) is 2.32. The SMILES string of the molecule is CCCCC(CC)COCCCOCCC. The zero-order valence-corrected chi connectivity index (χ0v) is 11.5. The monoisotopic (exact) mass is 230 g/mol. The van der Waals surface area contributed by atoms with E-state index >= 15 is 0 Å². The Bertz CT molecular complexity index is 126. The lowest BCUT2D eigenvalue weighted by Crippen LogP contribution is -2.10. The third-order valence-electron chi connectivity index (χ3n) is 2.82. The number of rotatable bonds is 12. The summed E-state index contributed by atoms with van der Waals surface area (Å²) in [5.74, 6) is 0.761. The summed E-state index contributed by atoms with van der Waals surface area (Å²) in [6.45, 7) is 10.2. The predicted octanol–water partition coefficient (Wildman–Crippen LogP) is 4.04. The van der Waals surface area contributed by atoms with E-state index in [-0.39, 0.29) is 0 Å². The second kappa shape index (κ2) is 13.0. The van der Waals surface area contributed by atoms with Crippen molar-refractivity contribution in [2.45, 2.75) is 59.3 Å². The van der Waals surface area contributed by atoms with Crippen LogP contribution in [-0.4, -0.2) is 26.4 Å². The molecule has 2 heteroatoms. The standard InChI is InChI=1S/C14H30O2/c1-4-7-9-14(6-3)13-16-12-8-11-15-10-5-2/h14H,4-13H2,1-3H3. The number of hydrogen-bond acceptors (Lipinski definition) is 2. The fourth-order valence-corrected chi connectivity index (χ4v) is 1.66. The molecule has 0 N–H and O–H groups in total. The number of unbranched alkanes of at least 4 members (excludes halogenated alkanes) is 1. The zero-order valence-electron chi connectivity index (χ0n) is 11.5. The van der Waals surface area contributed by atoms with Crippen LogP contribution in [0.4, 0.5) is 0 Å². The molecule has 98 valence electrons. The van der Waals surface area contributed by atoms with Gasteiger partial charge >= 0.3 is 0 Å². The fourth-order valence-electron chi connectivity index (χ4n) is 1.66. The molecule has 0 spiro atoms. The van der Waals surface area contributed by atoms with Gasteiger partial charge in [0.2, 0.25) is 0 Å². The van der Waals surface area contributed by atoms with Crippen LogP contribution in [0.25, 0.3) is 0 Å². The molecule has 0 saturated carbocycles. The van der Waals surface area contributed by atoms with Crippen LogP contribution in [-0.2, 0) is 9.47 Å². The summed E-state index contributed by atoms with van der Waals surface area (Å²) in [6, 6.07) is 0. The van der Waals surface area contributed by atoms with Gasteiger partial charge in [-0.15, -0.1) is 0 Å². The van der Waals surface area contributed by atoms with Gasteiger partial charge in [-0.1, -0.05) is 40.0 Å². The van der Waals surface area contributed by atoms with Crippen LogP contribution in [0, 0.1) is 5.92 Å². The van der Waals surface area contributed by atoms with E-state index in [0.29, 0.717) is 0 Å². The smallest absolute Gasteiger partial charge is 0.0494 e. The van der Waals surface area contributed by atoms with Crippen molar-refractivity contribution in [3.05, 3.63) is 0 Å². The van der Waals surface area contributed by atoms with Crippen molar-refractivity contribution in [1.82, 2.24) is 0 Å². The zero-order chi connectivity index (χ0) is 12.1. The van der Waals surface area contributed by atoms with Crippen molar-refractivity contribution in [3.63, 3.8) is 0 Å². The van der Waals surface area contributed by atoms with Gasteiger partial charge in [0.25, 0.3) is 0 Å². The molecule has 16 heavy (non-hydrogen) atoms. The van der Waals surface area contributed by atoms with Gasteiger partial charge in [-0.3, -0.25) is 0 Å². The first-order valence-electron chi connectivity index (χ1n) is 7.00. The van der Waals surface area contributed by atoms with Gasteiger partial charge in [-0.2, -0.15) is 0 Å². The van der Waals surface area contributed by atoms with Gasteiger partial charge in [0.15, 0.2) is 0 Å². The van der Waals surface area contributed by atoms with E-state index in [2.05, 4.69) is 20.8 Å². The van der Waals surface area contributed by atoms with Crippen molar-refractivity contribution < 1.29 is 9.47 Å². The lowest BCUT2D eigenvalue weighted by Gasteiger charge is -2.14. The van der Waals surface area contributed by atoms with E-state index < -0.39 is 0 Å². The van der Waals surface area contributed by atoms with Crippen LogP contribution < -0.4 is 0 Å². The second-order valence-corrected chi connectivity index (χ2v) is 4.46. The molecule has 0 heterocycles. The highest BCUT2D eigenvalue weighted by Gasteiger charge is 2.05. The molecule has 0 bridgehead atoms. The molecule has 1 atom stereocenters. The van der Waals surface area contributed by atoms with E-state index in [1.54, 1.807) is 0 Å². The number of hydrogen-bond donors (Lipinski definition) is 0. The summed E-state index contributed by atoms with van der Waals surface area (Å²) in [7, 11) is 0. The molecule has 0 aromatic heterocycles. The maximum Gasteiger partial charge on any atom is 0.0494 e. The van der Waals surface area contributed by atoms with Crippen molar-refractivity contribution in [3.8, 4) is 0 Å². The molecule has 0 radical (unpaired) electrons. The van der Waals surface area contributed by atoms with E-state index in [4.69, 9.17) is 9.47 Å². The molecule has 1 unspecified atom stereocenters. The van der Waals surface area contributed by atoms with Gasteiger partial charge in [0.1, 0.15) is 0 Å². The minimum Gasteiger partial charge on any atom is -0.381 e. The average molecular weight is 230 g/mol. The van der Waals surface area contributed by atoms with Crippen LogP contribution in [0.2, 0.25) is 0 Å². The number of ether oxygens (including phenoxy) is 2. The molecule has 0 aliphatic carbocycles. The Morgan fingerprint density at radius 3 is 2.19 bits per heavy atom. The molecule has 2 nitrogen and oxygen atoms in total. The molecule has 0 rings (SSSR count). The Morgan fingerprint density at radius 2 is 1.56 bits per heavy atom. The van der Waals surface area contributed by atoms with E-state index in [0.717, 1.165) is 45.2 Å². The van der Waals surface area contributed by atoms with E-state index in [1.807, 2.05) is 0 Å². The highest BCUT2D eigenvalue weighted by Crippen LogP contribution is 2.12. The maximum absolute atomic E-state index is 5.68. The van der Waals surface area contributed by atoms with E-state index in [1.165, 1.54) is 25.7 Å². The lowest BCUT2D eigenvalue weighted by molar-refractivity contribution is 0.0633. The molecule has 0 aliphatic heterocycles. The van der Waals surface area contributed by atoms with Gasteiger partial charge in [-0.25, -0.2) is 0 Å². The van der Waals surface area contributed by atoms with Crippen molar-refractivity contribution in [2.24, 2.45) is 5.92 Å². The summed E-state index contributed by atoms with van der Waals surface area (Å²) in [5.41, 5.74) is 0. The van der Waals surface area contributed by atoms with Crippen molar-refractivity contribution >= 4 is 0 Å². The van der Waals surface area contributed by atoms with Crippen LogP contribution in [0.1, 0.15) is 59.3 Å². The molecular weight excluding hydrogens is 200 g/mol. The first-order valence-corrected chi connectivity index (χ1v) is 7.00. The van der Waals surface area contributed by atoms with Crippen molar-refractivity contribution in [2.75, 3.05) is 26.4 Å². The summed E-state index contributed by atoms with van der Waals surface area (Å²) in [6.07, 6.45) is 7.33. The van der Waals surface area contributed by atoms with E-state index in [9.17, 15) is 0 Å². The molecule has 0 aromatic carbocycles. The minimum atomic E-state index is 0.761. The molecule has 0 aromatic rings. The Morgan fingerprint density at radius 1 is 0.812 bits per heavy atom. The normalized spacial score (nSPS) is 12.9. The second-order valence-electron chi connectivity index (χ2n) is 4.46. The van der Waals surface area contributed by atoms with Crippen LogP contribution in [0.5, 0.6) is 0 Å². The summed E-state index contributed by atoms with van der Waals surface area (Å²) in [5, 5.41) is 0. The highest BCUT2D eigenvalue weighted by atomic mass is 16.5. The molecular formula is C14H30O2. The highest BCUT2D eigenvalue weighted by molar-refractivity contribution is 4.55. The van der Waals surface area contributed by atoms with Gasteiger partial charge in [0, 0.05) is 26.4 Å². The molecule has 0 fully saturated rings. The first kappa shape index (κ1) is 15.9. The van der Waals surface area contributed by atoms with Crippen LogP contribution >= 0.6 is 0 Å². The fraction of sp³-hybridized carbons (Fsp3) is 1.00. The Balaban J connectivity index is 3.20. The Kier molecular flexibility index (Phi) is 12.9. The van der Waals surface area contributed by atoms with Crippen LogP contribution in [0.15, 0.2) is 0 Å². The van der Waals surface area contributed by atoms with Gasteiger partial charge in [-0.05, 0) is 25.2 Å². The first-order chi connectivity index (χ1) is 7.85. The Labute approximate surface area is 102 Å². The minimum absolute atomic E-state index is 0.761. The predicted molar refractivity (Wildman–Crippen MR) is 69.9 cm³/mol. The molecule has 0 aliphatic rings. The third-order valence-corrected chi connectivity index (χ3v) is 2.82. The molecule has 0 saturated heterocycles. The van der Waals surface area contributed by atoms with Gasteiger partial charge in [0.05, 0.1) is 0 Å². The van der Waals surface area contributed by atoms with Crippen LogP contribution in [0.3, 0.4) is 0 Å². The van der Waals surface area contributed by atoms with Gasteiger partial charge < -0.3 is 9.47 Å². The maximum atomic E-state index is 5.68. The summed E-state index contributed by atoms with van der Waals surface area (Å²) >= 11 is 0. The summed E-state index contributed by atoms with van der Waals surface area (Å²) < 4.78 is 11.1. The van der Waals surface area contributed by atoms with Crippen molar-refractivity contribution in [1.29, 1.82) is 0 Å². The topological polar surface area (TPSA) is 18.5 Å². The Hall–Kier alpha value is -0.0800. The lowest BCUT2D eigenvalue weighted by atomic mass is 10.0. The largest absolute Gasteiger partial charge is 0.381 e. The quantitative estimate of drug-likeness (QED) is 0.471. The summed E-state index contributed by atoms with van der Waals surface area (Å²) in [4.78, 5) is 0. The molecule has 0 amide bonds.